The lowest BCUT2D eigenvalue weighted by Gasteiger charge is -2.30. The van der Waals surface area contributed by atoms with Gasteiger partial charge in [-0.1, -0.05) is 38.4 Å². The Kier molecular flexibility index (Phi) is 5.22. The van der Waals surface area contributed by atoms with Gasteiger partial charge in [-0.25, -0.2) is 0 Å². The smallest absolute Gasteiger partial charge is 0.105 e. The Morgan fingerprint density at radius 3 is 2.89 bits per heavy atom. The van der Waals surface area contributed by atoms with E-state index >= 15 is 0 Å². The Hall–Kier alpha value is -0.610. The summed E-state index contributed by atoms with van der Waals surface area (Å²) in [7, 11) is 0. The van der Waals surface area contributed by atoms with Crippen molar-refractivity contribution in [2.45, 2.75) is 45.1 Å². The number of nitrogens with two attached hydrogens (primary N) is 1. The van der Waals surface area contributed by atoms with Crippen molar-refractivity contribution in [3.8, 4) is 0 Å². The van der Waals surface area contributed by atoms with Gasteiger partial charge in [0.05, 0.1) is 0 Å². The molecule has 0 spiro atoms. The monoisotopic (exact) mass is 340 g/mol. The highest BCUT2D eigenvalue weighted by molar-refractivity contribution is 9.10. The van der Waals surface area contributed by atoms with E-state index in [1.165, 1.54) is 32.1 Å². The molecule has 1 fully saturated rings. The summed E-state index contributed by atoms with van der Waals surface area (Å²) in [6, 6.07) is 6.72. The van der Waals surface area contributed by atoms with Crippen molar-refractivity contribution in [1.82, 2.24) is 0 Å². The molecular formula is C15H21BrN2S. The molecule has 2 atom stereocenters. The Bertz CT molecular complexity index is 461. The van der Waals surface area contributed by atoms with Crippen LogP contribution in [0.25, 0.3) is 0 Å². The topological polar surface area (TPSA) is 38.0 Å². The number of hydrogen-bond donors (Lipinski definition) is 2. The summed E-state index contributed by atoms with van der Waals surface area (Å²) >= 11 is 8.54. The molecular weight excluding hydrogens is 320 g/mol. The van der Waals surface area contributed by atoms with Gasteiger partial charge in [0.25, 0.3) is 0 Å². The van der Waals surface area contributed by atoms with Crippen LogP contribution in [0.5, 0.6) is 0 Å². The van der Waals surface area contributed by atoms with Gasteiger partial charge in [-0.15, -0.1) is 0 Å². The van der Waals surface area contributed by atoms with Gasteiger partial charge in [0.2, 0.25) is 0 Å². The number of anilines is 1. The number of benzene rings is 1. The first-order valence-electron chi connectivity index (χ1n) is 6.96. The van der Waals surface area contributed by atoms with Gasteiger partial charge < -0.3 is 11.1 Å². The van der Waals surface area contributed by atoms with Crippen LogP contribution in [0.2, 0.25) is 0 Å². The third kappa shape index (κ3) is 3.93. The summed E-state index contributed by atoms with van der Waals surface area (Å²) < 4.78 is 0.966. The van der Waals surface area contributed by atoms with Crippen molar-refractivity contribution in [3.05, 3.63) is 28.2 Å². The second-order valence-electron chi connectivity index (χ2n) is 5.34. The molecule has 1 aromatic rings. The summed E-state index contributed by atoms with van der Waals surface area (Å²) in [6.45, 7) is 2.29. The molecule has 0 aromatic heterocycles. The molecule has 1 aliphatic carbocycles. The number of hydrogen-bond acceptors (Lipinski definition) is 2. The molecule has 0 amide bonds. The van der Waals surface area contributed by atoms with Crippen molar-refractivity contribution >= 4 is 38.8 Å². The largest absolute Gasteiger partial charge is 0.389 e. The van der Waals surface area contributed by atoms with Crippen LogP contribution >= 0.6 is 28.1 Å². The van der Waals surface area contributed by atoms with E-state index in [0.29, 0.717) is 11.0 Å². The fourth-order valence-corrected chi connectivity index (χ4v) is 3.73. The van der Waals surface area contributed by atoms with E-state index in [1.54, 1.807) is 0 Å². The summed E-state index contributed by atoms with van der Waals surface area (Å²) in [5, 5.41) is 3.64. The minimum absolute atomic E-state index is 0.433. The molecule has 0 heterocycles. The molecule has 1 aromatic carbocycles. The van der Waals surface area contributed by atoms with Crippen LogP contribution < -0.4 is 11.1 Å². The molecule has 0 saturated heterocycles. The van der Waals surface area contributed by atoms with E-state index < -0.39 is 0 Å². The predicted molar refractivity (Wildman–Crippen MR) is 89.7 cm³/mol. The SMILES string of the molecule is CCC1CCCC(Nc2ccc(C(N)=S)c(Br)c2)C1. The van der Waals surface area contributed by atoms with Crippen LogP contribution in [0.1, 0.15) is 44.6 Å². The molecule has 0 bridgehead atoms. The average molecular weight is 341 g/mol. The first-order valence-corrected chi connectivity index (χ1v) is 8.16. The maximum atomic E-state index is 5.67. The molecule has 1 saturated carbocycles. The van der Waals surface area contributed by atoms with Crippen LogP contribution in [0.3, 0.4) is 0 Å². The second-order valence-corrected chi connectivity index (χ2v) is 6.64. The molecule has 19 heavy (non-hydrogen) atoms. The van der Waals surface area contributed by atoms with E-state index in [0.717, 1.165) is 21.6 Å². The van der Waals surface area contributed by atoms with Crippen LogP contribution in [-0.4, -0.2) is 11.0 Å². The van der Waals surface area contributed by atoms with Gasteiger partial charge in [0.15, 0.2) is 0 Å². The van der Waals surface area contributed by atoms with Crippen molar-refractivity contribution in [2.24, 2.45) is 11.7 Å². The molecule has 104 valence electrons. The highest BCUT2D eigenvalue weighted by Crippen LogP contribution is 2.29. The van der Waals surface area contributed by atoms with E-state index in [1.807, 2.05) is 6.07 Å². The number of halogens is 1. The molecule has 0 aliphatic heterocycles. The summed E-state index contributed by atoms with van der Waals surface area (Å²) in [5.41, 5.74) is 7.71. The highest BCUT2D eigenvalue weighted by Gasteiger charge is 2.20. The van der Waals surface area contributed by atoms with Gasteiger partial charge in [0, 0.05) is 21.8 Å². The number of rotatable bonds is 4. The zero-order valence-electron chi connectivity index (χ0n) is 11.3. The highest BCUT2D eigenvalue weighted by atomic mass is 79.9. The predicted octanol–water partition coefficient (Wildman–Crippen LogP) is 4.46. The first kappa shape index (κ1) is 14.8. The standard InChI is InChI=1S/C15H21BrN2S/c1-2-10-4-3-5-11(8-10)18-12-6-7-13(15(17)19)14(16)9-12/h6-7,9-11,18H,2-5,8H2,1H3,(H2,17,19). The fourth-order valence-electron chi connectivity index (χ4n) is 2.83. The molecule has 4 heteroatoms. The molecule has 1 aliphatic rings. The van der Waals surface area contributed by atoms with Gasteiger partial charge in [-0.2, -0.15) is 0 Å². The van der Waals surface area contributed by atoms with Crippen molar-refractivity contribution < 1.29 is 0 Å². The molecule has 2 rings (SSSR count). The second kappa shape index (κ2) is 6.71. The van der Waals surface area contributed by atoms with Crippen LogP contribution in [-0.2, 0) is 0 Å². The number of nitrogens with one attached hydrogen (secondary N) is 1. The van der Waals surface area contributed by atoms with Crippen molar-refractivity contribution in [2.75, 3.05) is 5.32 Å². The van der Waals surface area contributed by atoms with Crippen LogP contribution in [0.4, 0.5) is 5.69 Å². The molecule has 0 radical (unpaired) electrons. The summed E-state index contributed by atoms with van der Waals surface area (Å²) in [5.74, 6) is 0.880. The van der Waals surface area contributed by atoms with Crippen LogP contribution in [0.15, 0.2) is 22.7 Å². The Morgan fingerprint density at radius 1 is 1.47 bits per heavy atom. The maximum Gasteiger partial charge on any atom is 0.105 e. The summed E-state index contributed by atoms with van der Waals surface area (Å²) in [4.78, 5) is 0.433. The van der Waals surface area contributed by atoms with Gasteiger partial charge in [-0.3, -0.25) is 0 Å². The molecule has 2 nitrogen and oxygen atoms in total. The van der Waals surface area contributed by atoms with Gasteiger partial charge in [-0.05, 0) is 52.9 Å². The normalized spacial score (nSPS) is 23.1. The lowest BCUT2D eigenvalue weighted by Crippen LogP contribution is -2.27. The minimum Gasteiger partial charge on any atom is -0.389 e. The lowest BCUT2D eigenvalue weighted by atomic mass is 9.84. The van der Waals surface area contributed by atoms with Crippen molar-refractivity contribution in [3.63, 3.8) is 0 Å². The minimum atomic E-state index is 0.433. The zero-order chi connectivity index (χ0) is 13.8. The fraction of sp³-hybridized carbons (Fsp3) is 0.533. The van der Waals surface area contributed by atoms with Gasteiger partial charge >= 0.3 is 0 Å². The van der Waals surface area contributed by atoms with E-state index in [9.17, 15) is 0 Å². The zero-order valence-corrected chi connectivity index (χ0v) is 13.7. The van der Waals surface area contributed by atoms with E-state index in [-0.39, 0.29) is 0 Å². The van der Waals surface area contributed by atoms with Crippen LogP contribution in [0, 0.1) is 5.92 Å². The molecule has 3 N–H and O–H groups in total. The maximum absolute atomic E-state index is 5.67. The lowest BCUT2D eigenvalue weighted by molar-refractivity contribution is 0.327. The average Bonchev–Trinajstić information content (AvgIpc) is 2.38. The van der Waals surface area contributed by atoms with E-state index in [2.05, 4.69) is 40.3 Å². The third-order valence-corrected chi connectivity index (χ3v) is 4.84. The third-order valence-electron chi connectivity index (χ3n) is 3.97. The quantitative estimate of drug-likeness (QED) is 0.794. The Balaban J connectivity index is 2.03. The van der Waals surface area contributed by atoms with Gasteiger partial charge in [0.1, 0.15) is 4.99 Å². The number of thiocarbonyl (C=S) groups is 1. The Labute approximate surface area is 129 Å². The molecule has 2 unspecified atom stereocenters. The van der Waals surface area contributed by atoms with E-state index in [4.69, 9.17) is 18.0 Å². The summed E-state index contributed by atoms with van der Waals surface area (Å²) in [6.07, 6.45) is 6.57. The van der Waals surface area contributed by atoms with Crippen molar-refractivity contribution in [1.29, 1.82) is 0 Å². The first-order chi connectivity index (χ1) is 9.10. The Morgan fingerprint density at radius 2 is 2.26 bits per heavy atom.